The zero-order valence-corrected chi connectivity index (χ0v) is 12.5. The van der Waals surface area contributed by atoms with Gasteiger partial charge < -0.3 is 4.74 Å². The number of amides is 1. The molecule has 0 aromatic heterocycles. The lowest BCUT2D eigenvalue weighted by atomic mass is 10.3. The second kappa shape index (κ2) is 11.8. The normalized spacial score (nSPS) is 12.7. The Bertz CT molecular complexity index is 310. The zero-order valence-electron chi connectivity index (χ0n) is 11.6. The summed E-state index contributed by atoms with van der Waals surface area (Å²) in [7, 11) is -1.83. The number of carbonyl (C=O) groups excluding carboxylic acids is 1. The molecule has 19 heavy (non-hydrogen) atoms. The topological polar surface area (TPSA) is 65.1 Å². The first-order valence-corrected chi connectivity index (χ1v) is 7.26. The number of nitrogens with zero attached hydrogens (tertiary/aromatic N) is 1. The maximum absolute atomic E-state index is 11.0. The summed E-state index contributed by atoms with van der Waals surface area (Å²) in [5.74, 6) is 0. The third kappa shape index (κ3) is 9.36. The lowest BCUT2D eigenvalue weighted by Gasteiger charge is -2.14. The number of rotatable bonds is 5. The van der Waals surface area contributed by atoms with Crippen LogP contribution in [0.25, 0.3) is 0 Å². The molecular formula is C12H21NO5P+. The summed E-state index contributed by atoms with van der Waals surface area (Å²) in [5, 5.41) is 0. The summed E-state index contributed by atoms with van der Waals surface area (Å²) in [4.78, 5) is 12.4. The van der Waals surface area contributed by atoms with Gasteiger partial charge in [0.2, 0.25) is 0 Å². The van der Waals surface area contributed by atoms with Crippen LogP contribution in [0.1, 0.15) is 27.2 Å². The predicted molar refractivity (Wildman–Crippen MR) is 72.6 cm³/mol. The first kappa shape index (κ1) is 17.8. The Labute approximate surface area is 115 Å². The lowest BCUT2D eigenvalue weighted by molar-refractivity contribution is 0.133. The standard InChI is InChI=1S/C8H11NO2.C4H10O3P/c1-2-11-8(10)9-6-4-3-5-7-9;1-3-6-8(5)7-4-2/h4-7H,2-3H2,1H3;3-4H2,1-2H3/q;+1. The SMILES string of the molecule is CCOC(=O)N1C=CCC=C1.CCO[P+](=O)OCC. The molecule has 108 valence electrons. The summed E-state index contributed by atoms with van der Waals surface area (Å²) in [6.07, 6.45) is 7.78. The van der Waals surface area contributed by atoms with Crippen LogP contribution in [0.2, 0.25) is 0 Å². The van der Waals surface area contributed by atoms with Gasteiger partial charge in [-0.05, 0) is 27.2 Å². The van der Waals surface area contributed by atoms with Crippen molar-refractivity contribution in [2.75, 3.05) is 19.8 Å². The summed E-state index contributed by atoms with van der Waals surface area (Å²) in [5.41, 5.74) is 0. The van der Waals surface area contributed by atoms with Crippen molar-refractivity contribution in [3.8, 4) is 0 Å². The van der Waals surface area contributed by atoms with E-state index in [2.05, 4.69) is 9.05 Å². The van der Waals surface area contributed by atoms with Gasteiger partial charge in [0.25, 0.3) is 0 Å². The molecule has 1 amide bonds. The smallest absolute Gasteiger partial charge is 0.449 e. The molecule has 7 heteroatoms. The number of allylic oxidation sites excluding steroid dienone is 2. The van der Waals surface area contributed by atoms with Crippen molar-refractivity contribution in [3.05, 3.63) is 24.6 Å². The van der Waals surface area contributed by atoms with Crippen molar-refractivity contribution in [2.24, 2.45) is 0 Å². The van der Waals surface area contributed by atoms with E-state index in [1.54, 1.807) is 33.2 Å². The van der Waals surface area contributed by atoms with E-state index < -0.39 is 8.25 Å². The van der Waals surface area contributed by atoms with Crippen molar-refractivity contribution in [2.45, 2.75) is 27.2 Å². The summed E-state index contributed by atoms with van der Waals surface area (Å²) >= 11 is 0. The third-order valence-corrected chi connectivity index (χ3v) is 2.69. The Kier molecular flexibility index (Phi) is 11.1. The lowest BCUT2D eigenvalue weighted by Crippen LogP contribution is -2.21. The largest absolute Gasteiger partial charge is 0.697 e. The predicted octanol–water partition coefficient (Wildman–Crippen LogP) is 3.59. The van der Waals surface area contributed by atoms with E-state index in [4.69, 9.17) is 4.74 Å². The van der Waals surface area contributed by atoms with Crippen LogP contribution in [0.5, 0.6) is 0 Å². The van der Waals surface area contributed by atoms with Crippen LogP contribution < -0.4 is 0 Å². The van der Waals surface area contributed by atoms with Gasteiger partial charge in [0.1, 0.15) is 13.2 Å². The van der Waals surface area contributed by atoms with Gasteiger partial charge >= 0.3 is 14.3 Å². The van der Waals surface area contributed by atoms with Crippen LogP contribution in [0, 0.1) is 0 Å². The van der Waals surface area contributed by atoms with Crippen LogP contribution in [0.4, 0.5) is 4.79 Å². The van der Waals surface area contributed by atoms with Crippen LogP contribution in [0.3, 0.4) is 0 Å². The van der Waals surface area contributed by atoms with Crippen LogP contribution in [-0.2, 0) is 18.3 Å². The van der Waals surface area contributed by atoms with Crippen molar-refractivity contribution in [1.82, 2.24) is 4.90 Å². The van der Waals surface area contributed by atoms with Gasteiger partial charge in [-0.3, -0.25) is 4.90 Å². The monoisotopic (exact) mass is 290 g/mol. The van der Waals surface area contributed by atoms with Crippen molar-refractivity contribution >= 4 is 14.3 Å². The number of carbonyl (C=O) groups is 1. The highest BCUT2D eigenvalue weighted by Crippen LogP contribution is 2.21. The Morgan fingerprint density at radius 1 is 1.11 bits per heavy atom. The number of hydrogen-bond donors (Lipinski definition) is 0. The first-order chi connectivity index (χ1) is 9.15. The Hall–Kier alpha value is -1.23. The second-order valence-corrected chi connectivity index (χ2v) is 4.13. The highest BCUT2D eigenvalue weighted by molar-refractivity contribution is 7.33. The molecule has 0 aliphatic carbocycles. The van der Waals surface area contributed by atoms with Gasteiger partial charge in [-0.1, -0.05) is 12.2 Å². The fraction of sp³-hybridized carbons (Fsp3) is 0.583. The van der Waals surface area contributed by atoms with E-state index in [9.17, 15) is 9.36 Å². The van der Waals surface area contributed by atoms with Gasteiger partial charge in [-0.2, -0.15) is 0 Å². The fourth-order valence-electron chi connectivity index (χ4n) is 1.04. The summed E-state index contributed by atoms with van der Waals surface area (Å²) < 4.78 is 24.3. The molecule has 6 nitrogen and oxygen atoms in total. The maximum atomic E-state index is 11.0. The van der Waals surface area contributed by atoms with E-state index in [1.807, 2.05) is 12.2 Å². The summed E-state index contributed by atoms with van der Waals surface area (Å²) in [6, 6.07) is 0. The molecule has 0 atom stereocenters. The van der Waals surface area contributed by atoms with Gasteiger partial charge in [-0.15, -0.1) is 9.05 Å². The van der Waals surface area contributed by atoms with E-state index in [0.29, 0.717) is 19.8 Å². The van der Waals surface area contributed by atoms with Crippen molar-refractivity contribution < 1.29 is 23.1 Å². The van der Waals surface area contributed by atoms with Gasteiger partial charge in [-0.25, -0.2) is 4.79 Å². The molecule has 0 fully saturated rings. The molecule has 0 saturated carbocycles. The maximum Gasteiger partial charge on any atom is 0.697 e. The Balaban J connectivity index is 0.000000362. The molecule has 1 aliphatic heterocycles. The Morgan fingerprint density at radius 2 is 1.63 bits per heavy atom. The molecule has 0 radical (unpaired) electrons. The molecule has 0 unspecified atom stereocenters. The van der Waals surface area contributed by atoms with Gasteiger partial charge in [0.05, 0.1) is 6.61 Å². The van der Waals surface area contributed by atoms with E-state index >= 15 is 0 Å². The minimum Gasteiger partial charge on any atom is -0.449 e. The Morgan fingerprint density at radius 3 is 2.05 bits per heavy atom. The molecule has 1 rings (SSSR count). The first-order valence-electron chi connectivity index (χ1n) is 6.17. The van der Waals surface area contributed by atoms with E-state index in [0.717, 1.165) is 6.42 Å². The molecule has 1 heterocycles. The summed E-state index contributed by atoms with van der Waals surface area (Å²) in [6.45, 7) is 6.62. The molecule has 0 bridgehead atoms. The number of ether oxygens (including phenoxy) is 1. The zero-order chi connectivity index (χ0) is 14.5. The molecule has 0 spiro atoms. The minimum atomic E-state index is -1.83. The highest BCUT2D eigenvalue weighted by atomic mass is 31.1. The highest BCUT2D eigenvalue weighted by Gasteiger charge is 2.15. The van der Waals surface area contributed by atoms with E-state index in [1.165, 1.54) is 4.90 Å². The molecule has 0 aromatic carbocycles. The average Bonchev–Trinajstić information content (AvgIpc) is 2.41. The molecule has 0 aromatic rings. The molecule has 1 aliphatic rings. The molecule has 0 saturated heterocycles. The number of hydrogen-bond acceptors (Lipinski definition) is 5. The van der Waals surface area contributed by atoms with Crippen LogP contribution in [0.15, 0.2) is 24.6 Å². The van der Waals surface area contributed by atoms with Gasteiger partial charge in [0, 0.05) is 17.0 Å². The average molecular weight is 290 g/mol. The molecular weight excluding hydrogens is 269 g/mol. The molecule has 0 N–H and O–H groups in total. The third-order valence-electron chi connectivity index (χ3n) is 1.75. The van der Waals surface area contributed by atoms with Crippen LogP contribution in [-0.4, -0.2) is 30.8 Å². The minimum absolute atomic E-state index is 0.320. The van der Waals surface area contributed by atoms with Gasteiger partial charge in [0.15, 0.2) is 0 Å². The van der Waals surface area contributed by atoms with Crippen molar-refractivity contribution in [3.63, 3.8) is 0 Å². The fourth-order valence-corrected chi connectivity index (χ4v) is 1.54. The van der Waals surface area contributed by atoms with Crippen LogP contribution >= 0.6 is 8.25 Å². The van der Waals surface area contributed by atoms with E-state index in [-0.39, 0.29) is 6.09 Å². The quantitative estimate of drug-likeness (QED) is 0.724. The van der Waals surface area contributed by atoms with Crippen molar-refractivity contribution in [1.29, 1.82) is 0 Å². The second-order valence-electron chi connectivity index (χ2n) is 3.17.